The van der Waals surface area contributed by atoms with Crippen LogP contribution in [-0.2, 0) is 17.2 Å². The molecule has 0 saturated carbocycles. The molecule has 1 unspecified atom stereocenters. The van der Waals surface area contributed by atoms with Gasteiger partial charge in [-0.3, -0.25) is 4.21 Å². The van der Waals surface area contributed by atoms with Gasteiger partial charge < -0.3 is 0 Å². The summed E-state index contributed by atoms with van der Waals surface area (Å²) in [6.45, 7) is 1.98. The fourth-order valence-corrected chi connectivity index (χ4v) is 2.37. The highest BCUT2D eigenvalue weighted by molar-refractivity contribution is 7.84. The van der Waals surface area contributed by atoms with Gasteiger partial charge in [-0.25, -0.2) is 4.39 Å². The van der Waals surface area contributed by atoms with Gasteiger partial charge in [0.15, 0.2) is 0 Å². The topological polar surface area (TPSA) is 17.1 Å². The molecule has 0 aliphatic rings. The first kappa shape index (κ1) is 13.0. The summed E-state index contributed by atoms with van der Waals surface area (Å²) in [7, 11) is -0.952. The van der Waals surface area contributed by atoms with Crippen LogP contribution in [0.1, 0.15) is 16.7 Å². The lowest BCUT2D eigenvalue weighted by atomic mass is 10.0. The molecule has 1 nitrogen and oxygen atoms in total. The number of aryl methyl sites for hydroxylation is 1. The van der Waals surface area contributed by atoms with Gasteiger partial charge in [-0.1, -0.05) is 18.2 Å². The Labute approximate surface area is 109 Å². The van der Waals surface area contributed by atoms with E-state index in [0.717, 1.165) is 21.6 Å². The quantitative estimate of drug-likeness (QED) is 0.828. The monoisotopic (exact) mass is 262 g/mol. The first-order chi connectivity index (χ1) is 8.56. The van der Waals surface area contributed by atoms with Crippen LogP contribution in [0.25, 0.3) is 0 Å². The summed E-state index contributed by atoms with van der Waals surface area (Å²) in [4.78, 5) is 0.815. The first-order valence-electron chi connectivity index (χ1n) is 5.73. The van der Waals surface area contributed by atoms with Crippen LogP contribution in [0.3, 0.4) is 0 Å². The minimum atomic E-state index is -0.952. The maximum Gasteiger partial charge on any atom is 0.123 e. The van der Waals surface area contributed by atoms with Crippen molar-refractivity contribution in [2.45, 2.75) is 18.2 Å². The average Bonchev–Trinajstić information content (AvgIpc) is 2.34. The maximum absolute atomic E-state index is 13.2. The third-order valence-corrected chi connectivity index (χ3v) is 3.90. The molecular formula is C15H15FOS. The average molecular weight is 262 g/mol. The highest BCUT2D eigenvalue weighted by Gasteiger charge is 2.03. The van der Waals surface area contributed by atoms with E-state index in [4.69, 9.17) is 0 Å². The Morgan fingerprint density at radius 1 is 1.11 bits per heavy atom. The molecule has 3 heteroatoms. The van der Waals surface area contributed by atoms with Crippen molar-refractivity contribution < 1.29 is 8.60 Å². The molecule has 0 aromatic heterocycles. The molecule has 0 saturated heterocycles. The van der Waals surface area contributed by atoms with E-state index in [2.05, 4.69) is 0 Å². The van der Waals surface area contributed by atoms with Gasteiger partial charge in [-0.2, -0.15) is 0 Å². The molecule has 1 atom stereocenters. The predicted molar refractivity (Wildman–Crippen MR) is 72.7 cm³/mol. The minimum absolute atomic E-state index is 0.207. The van der Waals surface area contributed by atoms with Gasteiger partial charge in [-0.05, 0) is 54.3 Å². The number of hydrogen-bond acceptors (Lipinski definition) is 1. The molecule has 0 heterocycles. The Morgan fingerprint density at radius 2 is 1.78 bits per heavy atom. The Bertz CT molecular complexity index is 576. The highest BCUT2D eigenvalue weighted by Crippen LogP contribution is 2.16. The van der Waals surface area contributed by atoms with Crippen molar-refractivity contribution in [3.05, 3.63) is 65.0 Å². The van der Waals surface area contributed by atoms with Crippen LogP contribution in [0, 0.1) is 12.7 Å². The van der Waals surface area contributed by atoms with Crippen LogP contribution in [0.5, 0.6) is 0 Å². The van der Waals surface area contributed by atoms with Gasteiger partial charge in [0.2, 0.25) is 0 Å². The summed E-state index contributed by atoms with van der Waals surface area (Å²) in [5, 5.41) is 0. The van der Waals surface area contributed by atoms with Crippen molar-refractivity contribution >= 4 is 10.8 Å². The van der Waals surface area contributed by atoms with Crippen LogP contribution in [-0.4, -0.2) is 10.5 Å². The minimum Gasteiger partial charge on any atom is -0.255 e. The molecule has 2 aromatic carbocycles. The van der Waals surface area contributed by atoms with E-state index in [1.165, 1.54) is 6.07 Å². The molecule has 0 aliphatic carbocycles. The van der Waals surface area contributed by atoms with Crippen LogP contribution in [0.2, 0.25) is 0 Å². The van der Waals surface area contributed by atoms with Crippen LogP contribution < -0.4 is 0 Å². The number of halogens is 1. The predicted octanol–water partition coefficient (Wildman–Crippen LogP) is 3.46. The lowest BCUT2D eigenvalue weighted by Gasteiger charge is -2.06. The summed E-state index contributed by atoms with van der Waals surface area (Å²) < 4.78 is 24.5. The zero-order valence-corrected chi connectivity index (χ0v) is 11.3. The van der Waals surface area contributed by atoms with Crippen molar-refractivity contribution in [3.63, 3.8) is 0 Å². The summed E-state index contributed by atoms with van der Waals surface area (Å²) in [6.07, 6.45) is 2.35. The standard InChI is InChI=1S/C15H15FOS/c1-11-3-6-14(16)10-13(11)9-12-4-7-15(8-5-12)18(2)17/h3-8,10H,9H2,1-2H3. The van der Waals surface area contributed by atoms with Gasteiger partial charge in [0.05, 0.1) is 0 Å². The normalized spacial score (nSPS) is 12.4. The Morgan fingerprint density at radius 3 is 2.39 bits per heavy atom. The third kappa shape index (κ3) is 3.05. The largest absolute Gasteiger partial charge is 0.255 e. The maximum atomic E-state index is 13.2. The second-order valence-electron chi connectivity index (χ2n) is 4.35. The number of benzene rings is 2. The van der Waals surface area contributed by atoms with Gasteiger partial charge >= 0.3 is 0 Å². The summed E-state index contributed by atoms with van der Waals surface area (Å²) in [6, 6.07) is 12.5. The SMILES string of the molecule is Cc1ccc(F)cc1Cc1ccc(S(C)=O)cc1. The number of rotatable bonds is 3. The molecule has 0 radical (unpaired) electrons. The smallest absolute Gasteiger partial charge is 0.123 e. The Kier molecular flexibility index (Phi) is 3.92. The van der Waals surface area contributed by atoms with Gasteiger partial charge in [0.1, 0.15) is 5.82 Å². The molecular weight excluding hydrogens is 247 g/mol. The fraction of sp³-hybridized carbons (Fsp3) is 0.200. The van der Waals surface area contributed by atoms with E-state index in [1.54, 1.807) is 18.4 Å². The third-order valence-electron chi connectivity index (χ3n) is 2.96. The van der Waals surface area contributed by atoms with Gasteiger partial charge in [0, 0.05) is 22.0 Å². The molecule has 0 N–H and O–H groups in total. The van der Waals surface area contributed by atoms with Crippen molar-refractivity contribution in [2.24, 2.45) is 0 Å². The van der Waals surface area contributed by atoms with E-state index >= 15 is 0 Å². The van der Waals surface area contributed by atoms with Crippen molar-refractivity contribution in [1.82, 2.24) is 0 Å². The fourth-order valence-electron chi connectivity index (χ4n) is 1.85. The van der Waals surface area contributed by atoms with Crippen LogP contribution >= 0.6 is 0 Å². The van der Waals surface area contributed by atoms with Gasteiger partial charge in [0.25, 0.3) is 0 Å². The van der Waals surface area contributed by atoms with Gasteiger partial charge in [-0.15, -0.1) is 0 Å². The van der Waals surface area contributed by atoms with Crippen molar-refractivity contribution in [2.75, 3.05) is 6.26 Å². The van der Waals surface area contributed by atoms with Crippen molar-refractivity contribution in [3.8, 4) is 0 Å². The zero-order valence-electron chi connectivity index (χ0n) is 10.4. The highest BCUT2D eigenvalue weighted by atomic mass is 32.2. The van der Waals surface area contributed by atoms with Crippen LogP contribution in [0.4, 0.5) is 4.39 Å². The summed E-state index contributed by atoms with van der Waals surface area (Å²) >= 11 is 0. The lowest BCUT2D eigenvalue weighted by Crippen LogP contribution is -1.94. The molecule has 18 heavy (non-hydrogen) atoms. The molecule has 2 rings (SSSR count). The van der Waals surface area contributed by atoms with E-state index in [1.807, 2.05) is 31.2 Å². The number of hydrogen-bond donors (Lipinski definition) is 0. The lowest BCUT2D eigenvalue weighted by molar-refractivity contribution is 0.625. The second kappa shape index (κ2) is 5.44. The summed E-state index contributed by atoms with van der Waals surface area (Å²) in [5.74, 6) is -0.207. The molecule has 94 valence electrons. The second-order valence-corrected chi connectivity index (χ2v) is 5.73. The first-order valence-corrected chi connectivity index (χ1v) is 7.29. The van der Waals surface area contributed by atoms with E-state index < -0.39 is 10.8 Å². The summed E-state index contributed by atoms with van der Waals surface area (Å²) in [5.41, 5.74) is 3.16. The van der Waals surface area contributed by atoms with Crippen molar-refractivity contribution in [1.29, 1.82) is 0 Å². The molecule has 0 bridgehead atoms. The molecule has 2 aromatic rings. The Hall–Kier alpha value is -1.48. The zero-order chi connectivity index (χ0) is 13.1. The molecule has 0 fully saturated rings. The van der Waals surface area contributed by atoms with E-state index in [-0.39, 0.29) is 5.82 Å². The van der Waals surface area contributed by atoms with Crippen LogP contribution in [0.15, 0.2) is 47.4 Å². The van der Waals surface area contributed by atoms with E-state index in [9.17, 15) is 8.60 Å². The van der Waals surface area contributed by atoms with E-state index in [0.29, 0.717) is 6.42 Å². The molecule has 0 spiro atoms. The molecule has 0 amide bonds. The molecule has 0 aliphatic heterocycles. The Balaban J connectivity index is 2.23.